The summed E-state index contributed by atoms with van der Waals surface area (Å²) in [5.41, 5.74) is 1.50. The zero-order valence-electron chi connectivity index (χ0n) is 13.9. The van der Waals surface area contributed by atoms with Crippen molar-refractivity contribution in [3.8, 4) is 18.1 Å². The van der Waals surface area contributed by atoms with Crippen LogP contribution in [0.5, 0.6) is 5.75 Å². The van der Waals surface area contributed by atoms with Gasteiger partial charge in [-0.2, -0.15) is 0 Å². The fourth-order valence-electron chi connectivity index (χ4n) is 2.39. The number of nitrogens with zero attached hydrogens (tertiary/aromatic N) is 1. The van der Waals surface area contributed by atoms with E-state index in [1.165, 1.54) is 12.1 Å². The predicted octanol–water partition coefficient (Wildman–Crippen LogP) is 4.68. The lowest BCUT2D eigenvalue weighted by molar-refractivity contribution is -0.122. The van der Waals surface area contributed by atoms with Gasteiger partial charge in [0.15, 0.2) is 0 Å². The largest absolute Gasteiger partial charge is 0.488 e. The molecule has 1 saturated heterocycles. The minimum Gasteiger partial charge on any atom is -0.488 e. The van der Waals surface area contributed by atoms with E-state index >= 15 is 0 Å². The smallest absolute Gasteiger partial charge is 0.294 e. The Kier molecular flexibility index (Phi) is 6.19. The molecule has 7 heteroatoms. The van der Waals surface area contributed by atoms with E-state index in [4.69, 9.17) is 11.2 Å². The Balaban J connectivity index is 1.72. The first-order valence-electron chi connectivity index (χ1n) is 7.83. The molecule has 136 valence electrons. The number of hydrogen-bond donors (Lipinski definition) is 0. The van der Waals surface area contributed by atoms with E-state index in [2.05, 4.69) is 28.5 Å². The molecule has 0 atom stereocenters. The second kappa shape index (κ2) is 8.59. The van der Waals surface area contributed by atoms with E-state index in [9.17, 15) is 14.0 Å². The Hall–Kier alpha value is -2.31. The molecule has 0 N–H and O–H groups in total. The van der Waals surface area contributed by atoms with Gasteiger partial charge in [0.25, 0.3) is 11.1 Å². The summed E-state index contributed by atoms with van der Waals surface area (Å²) in [4.78, 5) is 25.4. The van der Waals surface area contributed by atoms with Crippen LogP contribution in [0.25, 0.3) is 6.08 Å². The van der Waals surface area contributed by atoms with Crippen LogP contribution in [0.3, 0.4) is 0 Å². The minimum atomic E-state index is -0.385. The number of halogens is 2. The van der Waals surface area contributed by atoms with Crippen molar-refractivity contribution >= 4 is 51.6 Å². The summed E-state index contributed by atoms with van der Waals surface area (Å²) in [7, 11) is 0. The number of rotatable bonds is 5. The molecule has 0 aliphatic carbocycles. The summed E-state index contributed by atoms with van der Waals surface area (Å²) >= 11 is 2.99. The van der Waals surface area contributed by atoms with Crippen LogP contribution in [-0.2, 0) is 11.4 Å². The first-order chi connectivity index (χ1) is 13.0. The molecule has 2 amide bonds. The van der Waals surface area contributed by atoms with Gasteiger partial charge in [-0.3, -0.25) is 14.5 Å². The number of thioether (sulfide) groups is 1. The molecule has 3 rings (SSSR count). The molecule has 0 aromatic heterocycles. The molecule has 0 bridgehead atoms. The van der Waals surface area contributed by atoms with Gasteiger partial charge in [0.1, 0.15) is 18.2 Å². The molecule has 1 aliphatic heterocycles. The summed E-state index contributed by atoms with van der Waals surface area (Å²) in [5, 5.41) is -0.367. The van der Waals surface area contributed by atoms with Crippen LogP contribution >= 0.6 is 34.4 Å². The van der Waals surface area contributed by atoms with Crippen LogP contribution in [0.4, 0.5) is 9.18 Å². The monoisotopic (exact) mass is 493 g/mol. The molecule has 4 nitrogen and oxygen atoms in total. The maximum absolute atomic E-state index is 13.2. The number of carbonyl (C=O) groups excluding carboxylic acids is 2. The van der Waals surface area contributed by atoms with Crippen LogP contribution < -0.4 is 4.74 Å². The van der Waals surface area contributed by atoms with E-state index in [1.54, 1.807) is 30.3 Å². The van der Waals surface area contributed by atoms with E-state index in [0.717, 1.165) is 31.4 Å². The zero-order valence-corrected chi connectivity index (χ0v) is 16.9. The second-order valence-electron chi connectivity index (χ2n) is 5.58. The fourth-order valence-corrected chi connectivity index (χ4v) is 3.92. The van der Waals surface area contributed by atoms with Gasteiger partial charge in [0.2, 0.25) is 0 Å². The molecule has 0 saturated carbocycles. The number of amides is 2. The van der Waals surface area contributed by atoms with Gasteiger partial charge < -0.3 is 4.74 Å². The van der Waals surface area contributed by atoms with Crippen molar-refractivity contribution in [1.82, 2.24) is 4.90 Å². The van der Waals surface area contributed by atoms with Crippen molar-refractivity contribution in [2.45, 2.75) is 6.61 Å². The molecule has 0 unspecified atom stereocenters. The van der Waals surface area contributed by atoms with Gasteiger partial charge in [-0.25, -0.2) is 4.39 Å². The lowest BCUT2D eigenvalue weighted by atomic mass is 10.2. The van der Waals surface area contributed by atoms with Gasteiger partial charge in [-0.05, 0) is 75.8 Å². The first kappa shape index (κ1) is 19.5. The molecule has 0 radical (unpaired) electrons. The molecule has 2 aromatic carbocycles. The van der Waals surface area contributed by atoms with Gasteiger partial charge in [0.05, 0.1) is 15.0 Å². The summed E-state index contributed by atoms with van der Waals surface area (Å²) in [6, 6.07) is 11.6. The zero-order chi connectivity index (χ0) is 19.4. The minimum absolute atomic E-state index is 0.0353. The van der Waals surface area contributed by atoms with Crippen LogP contribution in [0, 0.1) is 21.7 Å². The van der Waals surface area contributed by atoms with Gasteiger partial charge in [-0.15, -0.1) is 6.42 Å². The molecule has 0 spiro atoms. The van der Waals surface area contributed by atoms with Crippen molar-refractivity contribution in [2.24, 2.45) is 0 Å². The topological polar surface area (TPSA) is 46.6 Å². The summed E-state index contributed by atoms with van der Waals surface area (Å²) in [5.74, 6) is 2.26. The highest BCUT2D eigenvalue weighted by atomic mass is 127. The van der Waals surface area contributed by atoms with E-state index < -0.39 is 0 Å². The molecule has 1 aliphatic rings. The van der Waals surface area contributed by atoms with E-state index in [0.29, 0.717) is 10.7 Å². The average molecular weight is 493 g/mol. The Labute approximate surface area is 173 Å². The molecule has 1 fully saturated rings. The third-order valence-corrected chi connectivity index (χ3v) is 5.41. The summed E-state index contributed by atoms with van der Waals surface area (Å²) < 4.78 is 19.8. The Morgan fingerprint density at radius 2 is 2.07 bits per heavy atom. The van der Waals surface area contributed by atoms with Crippen LogP contribution in [0.2, 0.25) is 0 Å². The quantitative estimate of drug-likeness (QED) is 0.345. The standard InChI is InChI=1S/C20H13FINO3S/c1-2-8-23-19(24)18(27-20(23)25)11-13-6-7-17(16(22)10-13)26-12-14-4-3-5-15(21)9-14/h1,3-7,9-11H,8,12H2/b18-11+. The SMILES string of the molecule is C#CCN1C(=O)S/C(=C/c2ccc(OCc3cccc(F)c3)c(I)c2)C1=O. The Morgan fingerprint density at radius 3 is 2.78 bits per heavy atom. The van der Waals surface area contributed by atoms with Crippen molar-refractivity contribution in [3.63, 3.8) is 0 Å². The first-order valence-corrected chi connectivity index (χ1v) is 9.73. The van der Waals surface area contributed by atoms with Crippen LogP contribution in [0.1, 0.15) is 11.1 Å². The highest BCUT2D eigenvalue weighted by Gasteiger charge is 2.34. The highest BCUT2D eigenvalue weighted by Crippen LogP contribution is 2.33. The Morgan fingerprint density at radius 1 is 1.26 bits per heavy atom. The van der Waals surface area contributed by atoms with Gasteiger partial charge in [-0.1, -0.05) is 24.1 Å². The third kappa shape index (κ3) is 4.70. The van der Waals surface area contributed by atoms with Gasteiger partial charge in [0, 0.05) is 0 Å². The average Bonchev–Trinajstić information content (AvgIpc) is 2.89. The number of benzene rings is 2. The highest BCUT2D eigenvalue weighted by molar-refractivity contribution is 14.1. The number of imide groups is 1. The second-order valence-corrected chi connectivity index (χ2v) is 7.74. The molecular formula is C20H13FINO3S. The van der Waals surface area contributed by atoms with Crippen LogP contribution in [0.15, 0.2) is 47.4 Å². The normalized spacial score (nSPS) is 15.3. The lowest BCUT2D eigenvalue weighted by Crippen LogP contribution is -2.28. The van der Waals surface area contributed by atoms with E-state index in [1.807, 2.05) is 6.07 Å². The summed E-state index contributed by atoms with van der Waals surface area (Å²) in [6.45, 7) is 0.213. The molecule has 2 aromatic rings. The predicted molar refractivity (Wildman–Crippen MR) is 111 cm³/mol. The van der Waals surface area contributed by atoms with Gasteiger partial charge >= 0.3 is 0 Å². The Bertz CT molecular complexity index is 983. The van der Waals surface area contributed by atoms with Crippen molar-refractivity contribution in [1.29, 1.82) is 0 Å². The number of hydrogen-bond acceptors (Lipinski definition) is 4. The molecule has 27 heavy (non-hydrogen) atoms. The fraction of sp³-hybridized carbons (Fsp3) is 0.100. The maximum atomic E-state index is 13.2. The van der Waals surface area contributed by atoms with Crippen molar-refractivity contribution < 1.29 is 18.7 Å². The lowest BCUT2D eigenvalue weighted by Gasteiger charge is -2.09. The van der Waals surface area contributed by atoms with Crippen molar-refractivity contribution in [3.05, 3.63) is 67.9 Å². The molecule has 1 heterocycles. The van der Waals surface area contributed by atoms with Crippen LogP contribution in [-0.4, -0.2) is 22.6 Å². The summed E-state index contributed by atoms with van der Waals surface area (Å²) in [6.07, 6.45) is 6.84. The molecular weight excluding hydrogens is 480 g/mol. The number of ether oxygens (including phenoxy) is 1. The maximum Gasteiger partial charge on any atom is 0.294 e. The third-order valence-electron chi connectivity index (χ3n) is 3.66. The number of carbonyl (C=O) groups is 2. The van der Waals surface area contributed by atoms with Crippen molar-refractivity contribution in [2.75, 3.05) is 6.54 Å². The number of terminal acetylenes is 1. The van der Waals surface area contributed by atoms with E-state index in [-0.39, 0.29) is 30.1 Å².